The van der Waals surface area contributed by atoms with E-state index in [2.05, 4.69) is 15.1 Å². The molecular weight excluding hydrogens is 188 g/mol. The number of nitrogens with one attached hydrogen (secondary N) is 1. The Morgan fingerprint density at radius 1 is 1.71 bits per heavy atom. The Morgan fingerprint density at radius 2 is 2.50 bits per heavy atom. The fourth-order valence-corrected chi connectivity index (χ4v) is 0.766. The van der Waals surface area contributed by atoms with Gasteiger partial charge in [-0.1, -0.05) is 5.16 Å². The van der Waals surface area contributed by atoms with Crippen molar-refractivity contribution in [3.8, 4) is 0 Å². The van der Waals surface area contributed by atoms with Crippen molar-refractivity contribution in [2.75, 3.05) is 6.61 Å². The molecule has 0 atom stereocenters. The van der Waals surface area contributed by atoms with Crippen LogP contribution < -0.4 is 11.1 Å². The first-order valence-electron chi connectivity index (χ1n) is 4.03. The lowest BCUT2D eigenvalue weighted by molar-refractivity contribution is 0.159. The minimum Gasteiger partial charge on any atom is -0.396 e. The molecular formula is C7H10N4O3. The highest BCUT2D eigenvalue weighted by Crippen LogP contribution is 1.74. The summed E-state index contributed by atoms with van der Waals surface area (Å²) in [6.45, 7) is 2.41. The Hall–Kier alpha value is -1.92. The molecule has 0 spiro atoms. The zero-order valence-electron chi connectivity index (χ0n) is 7.64. The topological polar surface area (TPSA) is 89.3 Å². The Morgan fingerprint density at radius 3 is 3.21 bits per heavy atom. The molecule has 0 saturated carbocycles. The summed E-state index contributed by atoms with van der Waals surface area (Å²) in [6.07, 6.45) is 2.60. The summed E-state index contributed by atoms with van der Waals surface area (Å²) in [6, 6.07) is 0. The predicted octanol–water partition coefficient (Wildman–Crippen LogP) is -1.05. The van der Waals surface area contributed by atoms with Crippen molar-refractivity contribution in [3.05, 3.63) is 27.0 Å². The fraction of sp³-hybridized carbons (Fsp3) is 0.429. The van der Waals surface area contributed by atoms with Crippen molar-refractivity contribution in [3.63, 3.8) is 0 Å². The number of hydrogen-bond donors (Lipinski definition) is 1. The third-order valence-electron chi connectivity index (χ3n) is 1.37. The molecule has 1 heterocycles. The highest BCUT2D eigenvalue weighted by Gasteiger charge is 1.97. The number of rotatable bonds is 4. The van der Waals surface area contributed by atoms with Gasteiger partial charge in [-0.05, 0) is 6.92 Å². The average Bonchev–Trinajstić information content (AvgIpc) is 2.19. The second-order valence-electron chi connectivity index (χ2n) is 2.35. The molecule has 1 aromatic heterocycles. The molecule has 0 bridgehead atoms. The molecule has 7 heteroatoms. The van der Waals surface area contributed by atoms with E-state index in [9.17, 15) is 9.59 Å². The lowest BCUT2D eigenvalue weighted by atomic mass is 10.6. The third-order valence-corrected chi connectivity index (χ3v) is 1.37. The Bertz CT molecular complexity index is 419. The molecule has 0 radical (unpaired) electrons. The molecule has 0 aliphatic heterocycles. The van der Waals surface area contributed by atoms with Gasteiger partial charge < -0.3 is 4.84 Å². The van der Waals surface area contributed by atoms with E-state index in [0.29, 0.717) is 6.61 Å². The summed E-state index contributed by atoms with van der Waals surface area (Å²) in [5.41, 5.74) is -1.42. The summed E-state index contributed by atoms with van der Waals surface area (Å²) >= 11 is 0. The van der Waals surface area contributed by atoms with E-state index in [1.54, 1.807) is 6.92 Å². The van der Waals surface area contributed by atoms with Gasteiger partial charge >= 0.3 is 11.1 Å². The van der Waals surface area contributed by atoms with Crippen molar-refractivity contribution in [2.24, 2.45) is 5.16 Å². The average molecular weight is 198 g/mol. The van der Waals surface area contributed by atoms with Crippen molar-refractivity contribution < 1.29 is 4.84 Å². The lowest BCUT2D eigenvalue weighted by Crippen LogP contribution is -2.36. The minimum atomic E-state index is -0.752. The Labute approximate surface area is 79.0 Å². The maximum atomic E-state index is 11.1. The smallest absolute Gasteiger partial charge is 0.330 e. The third kappa shape index (κ3) is 2.54. The molecule has 0 saturated heterocycles. The number of aromatic amines is 1. The molecule has 0 fully saturated rings. The zero-order chi connectivity index (χ0) is 10.4. The van der Waals surface area contributed by atoms with Crippen LogP contribution in [0.4, 0.5) is 0 Å². The molecule has 0 aliphatic rings. The highest BCUT2D eigenvalue weighted by atomic mass is 16.6. The van der Waals surface area contributed by atoms with Gasteiger partial charge in [-0.15, -0.1) is 0 Å². The SMILES string of the molecule is CCON=CCn1cn[nH]c(=O)c1=O. The van der Waals surface area contributed by atoms with Crippen molar-refractivity contribution in [2.45, 2.75) is 13.5 Å². The maximum Gasteiger partial charge on any atom is 0.330 e. The number of H-pyrrole nitrogens is 1. The van der Waals surface area contributed by atoms with Crippen LogP contribution in [0.2, 0.25) is 0 Å². The van der Waals surface area contributed by atoms with Gasteiger partial charge in [0.25, 0.3) is 0 Å². The molecule has 0 unspecified atom stereocenters. The largest absolute Gasteiger partial charge is 0.396 e. The zero-order valence-corrected chi connectivity index (χ0v) is 7.64. The first-order valence-corrected chi connectivity index (χ1v) is 4.03. The highest BCUT2D eigenvalue weighted by molar-refractivity contribution is 5.55. The van der Waals surface area contributed by atoms with E-state index in [-0.39, 0.29) is 6.54 Å². The molecule has 1 N–H and O–H groups in total. The maximum absolute atomic E-state index is 11.1. The van der Waals surface area contributed by atoms with Crippen LogP contribution in [0.1, 0.15) is 6.92 Å². The minimum absolute atomic E-state index is 0.162. The van der Waals surface area contributed by atoms with Crippen molar-refractivity contribution in [1.29, 1.82) is 0 Å². The summed E-state index contributed by atoms with van der Waals surface area (Å²) in [4.78, 5) is 26.6. The van der Waals surface area contributed by atoms with Gasteiger partial charge in [-0.2, -0.15) is 5.10 Å². The van der Waals surface area contributed by atoms with Crippen LogP contribution >= 0.6 is 0 Å². The van der Waals surface area contributed by atoms with Gasteiger partial charge in [0.15, 0.2) is 0 Å². The van der Waals surface area contributed by atoms with Crippen LogP contribution in [0, 0.1) is 0 Å². The van der Waals surface area contributed by atoms with E-state index >= 15 is 0 Å². The van der Waals surface area contributed by atoms with Crippen LogP contribution in [0.3, 0.4) is 0 Å². The molecule has 0 amide bonds. The first kappa shape index (κ1) is 10.2. The molecule has 7 nitrogen and oxygen atoms in total. The first-order chi connectivity index (χ1) is 6.75. The van der Waals surface area contributed by atoms with Crippen LogP contribution in [-0.4, -0.2) is 27.6 Å². The van der Waals surface area contributed by atoms with Crippen LogP contribution in [0.25, 0.3) is 0 Å². The van der Waals surface area contributed by atoms with Crippen LogP contribution in [0.15, 0.2) is 21.1 Å². The number of oxime groups is 1. The van der Waals surface area contributed by atoms with E-state index in [1.807, 2.05) is 5.10 Å². The molecule has 1 rings (SSSR count). The molecule has 1 aromatic rings. The van der Waals surface area contributed by atoms with Crippen molar-refractivity contribution >= 4 is 6.21 Å². The van der Waals surface area contributed by atoms with E-state index in [4.69, 9.17) is 0 Å². The standard InChI is InChI=1S/C7H10N4O3/c1-2-14-9-3-4-11-5-8-10-6(12)7(11)13/h3,5H,2,4H2,1H3,(H,10,12). The lowest BCUT2D eigenvalue weighted by Gasteiger charge is -1.97. The molecule has 14 heavy (non-hydrogen) atoms. The summed E-state index contributed by atoms with van der Waals surface area (Å²) < 4.78 is 1.13. The number of hydrogen-bond acceptors (Lipinski definition) is 5. The second-order valence-corrected chi connectivity index (χ2v) is 2.35. The van der Waals surface area contributed by atoms with E-state index in [1.165, 1.54) is 12.5 Å². The van der Waals surface area contributed by atoms with Gasteiger partial charge in [-0.3, -0.25) is 14.2 Å². The number of nitrogens with zero attached hydrogens (tertiary/aromatic N) is 3. The quantitative estimate of drug-likeness (QED) is 0.380. The van der Waals surface area contributed by atoms with E-state index in [0.717, 1.165) is 4.57 Å². The van der Waals surface area contributed by atoms with Gasteiger partial charge in [0.2, 0.25) is 0 Å². The monoisotopic (exact) mass is 198 g/mol. The Kier molecular flexibility index (Phi) is 3.59. The normalized spacial score (nSPS) is 10.6. The van der Waals surface area contributed by atoms with Gasteiger partial charge in [0.1, 0.15) is 12.9 Å². The molecule has 0 aliphatic carbocycles. The Balaban J connectivity index is 2.73. The van der Waals surface area contributed by atoms with Crippen molar-refractivity contribution in [1.82, 2.24) is 14.8 Å². The summed E-state index contributed by atoms with van der Waals surface area (Å²) in [7, 11) is 0. The van der Waals surface area contributed by atoms with Crippen LogP contribution in [-0.2, 0) is 11.4 Å². The van der Waals surface area contributed by atoms with Crippen LogP contribution in [0.5, 0.6) is 0 Å². The van der Waals surface area contributed by atoms with Gasteiger partial charge in [-0.25, -0.2) is 5.10 Å². The number of aromatic nitrogens is 3. The van der Waals surface area contributed by atoms with E-state index < -0.39 is 11.1 Å². The second kappa shape index (κ2) is 4.95. The van der Waals surface area contributed by atoms with Gasteiger partial charge in [0, 0.05) is 0 Å². The molecule has 0 aromatic carbocycles. The summed E-state index contributed by atoms with van der Waals surface area (Å²) in [5, 5.41) is 9.02. The molecule has 76 valence electrons. The fourth-order valence-electron chi connectivity index (χ4n) is 0.766. The summed E-state index contributed by atoms with van der Waals surface area (Å²) in [5.74, 6) is 0. The van der Waals surface area contributed by atoms with Gasteiger partial charge in [0.05, 0.1) is 12.8 Å². The predicted molar refractivity (Wildman–Crippen MR) is 49.2 cm³/mol.